The molecule has 0 aliphatic rings. The Labute approximate surface area is 176 Å². The molecule has 0 saturated carbocycles. The molecule has 0 aliphatic carbocycles. The molecule has 4 rings (SSSR count). The summed E-state index contributed by atoms with van der Waals surface area (Å²) in [6.45, 7) is 0. The van der Waals surface area contributed by atoms with Gasteiger partial charge >= 0.3 is 0 Å². The number of rotatable bonds is 6. The number of benzene rings is 2. The minimum atomic E-state index is -0.561. The second kappa shape index (κ2) is 8.50. The van der Waals surface area contributed by atoms with Crippen LogP contribution in [0.2, 0.25) is 5.02 Å². The van der Waals surface area contributed by atoms with Crippen molar-refractivity contribution in [2.75, 3.05) is 12.4 Å². The molecule has 0 unspecified atom stereocenters. The minimum absolute atomic E-state index is 0.214. The van der Waals surface area contributed by atoms with Crippen LogP contribution >= 0.6 is 23.4 Å². The molecule has 0 saturated heterocycles. The lowest BCUT2D eigenvalue weighted by atomic mass is 10.1. The number of hydrogen-bond donors (Lipinski definition) is 1. The second-order valence-electron chi connectivity index (χ2n) is 6.01. The molecule has 2 aromatic carbocycles. The largest absolute Gasteiger partial charge is 0.495 e. The lowest BCUT2D eigenvalue weighted by Crippen LogP contribution is -2.19. The molecule has 0 aliphatic heterocycles. The van der Waals surface area contributed by atoms with Crippen molar-refractivity contribution in [3.8, 4) is 5.75 Å². The Balaban J connectivity index is 1.61. The van der Waals surface area contributed by atoms with E-state index in [9.17, 15) is 4.79 Å². The SMILES string of the molecule is COc1ccc(NC(=O)[C@@H](Sc2nc3ncccn3n2)c2ccccc2)cc1Cl. The summed E-state index contributed by atoms with van der Waals surface area (Å²) in [5.41, 5.74) is 1.41. The van der Waals surface area contributed by atoms with Crippen LogP contribution in [0.4, 0.5) is 5.69 Å². The molecule has 1 amide bonds. The van der Waals surface area contributed by atoms with Gasteiger partial charge in [0.1, 0.15) is 11.0 Å². The predicted molar refractivity (Wildman–Crippen MR) is 112 cm³/mol. The first kappa shape index (κ1) is 19.2. The maximum absolute atomic E-state index is 13.1. The third-order valence-corrected chi connectivity index (χ3v) is 5.48. The van der Waals surface area contributed by atoms with Crippen molar-refractivity contribution >= 4 is 40.7 Å². The van der Waals surface area contributed by atoms with Gasteiger partial charge in [-0.2, -0.15) is 4.98 Å². The van der Waals surface area contributed by atoms with Crippen LogP contribution in [0.3, 0.4) is 0 Å². The Bertz CT molecular complexity index is 1120. The third-order valence-electron chi connectivity index (χ3n) is 4.08. The number of thioether (sulfide) groups is 1. The predicted octanol–water partition coefficient (Wildman–Crippen LogP) is 4.26. The van der Waals surface area contributed by atoms with Crippen LogP contribution in [0.5, 0.6) is 5.75 Å². The van der Waals surface area contributed by atoms with Gasteiger partial charge in [-0.3, -0.25) is 4.79 Å². The van der Waals surface area contributed by atoms with E-state index in [0.717, 1.165) is 5.56 Å². The van der Waals surface area contributed by atoms with Crippen molar-refractivity contribution in [2.45, 2.75) is 10.4 Å². The molecule has 0 fully saturated rings. The average molecular weight is 426 g/mol. The molecule has 2 aromatic heterocycles. The van der Waals surface area contributed by atoms with E-state index in [-0.39, 0.29) is 5.91 Å². The van der Waals surface area contributed by atoms with Crippen molar-refractivity contribution in [1.29, 1.82) is 0 Å². The normalized spacial score (nSPS) is 11.9. The summed E-state index contributed by atoms with van der Waals surface area (Å²) in [4.78, 5) is 21.7. The lowest BCUT2D eigenvalue weighted by Gasteiger charge is -2.16. The van der Waals surface area contributed by atoms with Crippen LogP contribution in [0.1, 0.15) is 10.8 Å². The number of nitrogens with one attached hydrogen (secondary N) is 1. The van der Waals surface area contributed by atoms with Crippen molar-refractivity contribution in [1.82, 2.24) is 19.6 Å². The van der Waals surface area contributed by atoms with Crippen LogP contribution in [-0.2, 0) is 4.79 Å². The molecule has 1 N–H and O–H groups in total. The highest BCUT2D eigenvalue weighted by atomic mass is 35.5. The number of carbonyl (C=O) groups excluding carboxylic acids is 1. The summed E-state index contributed by atoms with van der Waals surface area (Å²) in [5.74, 6) is 0.804. The summed E-state index contributed by atoms with van der Waals surface area (Å²) >= 11 is 7.43. The molecule has 29 heavy (non-hydrogen) atoms. The maximum Gasteiger partial charge on any atom is 0.253 e. The minimum Gasteiger partial charge on any atom is -0.495 e. The summed E-state index contributed by atoms with van der Waals surface area (Å²) in [6.07, 6.45) is 3.41. The van der Waals surface area contributed by atoms with Gasteiger partial charge in [-0.05, 0) is 29.8 Å². The number of methoxy groups -OCH3 is 1. The first-order valence-corrected chi connectivity index (χ1v) is 9.93. The number of amides is 1. The lowest BCUT2D eigenvalue weighted by molar-refractivity contribution is -0.115. The molecule has 2 heterocycles. The Kier molecular flexibility index (Phi) is 5.64. The molecule has 9 heteroatoms. The zero-order valence-corrected chi connectivity index (χ0v) is 16.9. The Morgan fingerprint density at radius 2 is 2.03 bits per heavy atom. The van der Waals surface area contributed by atoms with E-state index in [1.54, 1.807) is 41.2 Å². The summed E-state index contributed by atoms with van der Waals surface area (Å²) in [5, 5.41) is 7.62. The highest BCUT2D eigenvalue weighted by Crippen LogP contribution is 2.35. The van der Waals surface area contributed by atoms with Gasteiger partial charge in [0.15, 0.2) is 0 Å². The van der Waals surface area contributed by atoms with Crippen LogP contribution in [0.15, 0.2) is 72.1 Å². The molecule has 1 atom stereocenters. The van der Waals surface area contributed by atoms with E-state index in [1.807, 2.05) is 30.3 Å². The maximum atomic E-state index is 13.1. The van der Waals surface area contributed by atoms with E-state index >= 15 is 0 Å². The van der Waals surface area contributed by atoms with Crippen molar-refractivity contribution in [3.63, 3.8) is 0 Å². The van der Waals surface area contributed by atoms with Gasteiger partial charge in [-0.25, -0.2) is 9.50 Å². The number of ether oxygens (including phenoxy) is 1. The molecule has 0 spiro atoms. The number of anilines is 1. The van der Waals surface area contributed by atoms with E-state index in [4.69, 9.17) is 16.3 Å². The van der Waals surface area contributed by atoms with Gasteiger partial charge in [0.25, 0.3) is 5.78 Å². The summed E-state index contributed by atoms with van der Waals surface area (Å²) < 4.78 is 6.73. The molecular weight excluding hydrogens is 410 g/mol. The Morgan fingerprint density at radius 3 is 2.76 bits per heavy atom. The zero-order chi connectivity index (χ0) is 20.2. The van der Waals surface area contributed by atoms with Gasteiger partial charge < -0.3 is 10.1 Å². The Morgan fingerprint density at radius 1 is 1.21 bits per heavy atom. The van der Waals surface area contributed by atoms with Crippen LogP contribution in [0.25, 0.3) is 5.78 Å². The zero-order valence-electron chi connectivity index (χ0n) is 15.3. The number of hydrogen-bond acceptors (Lipinski definition) is 6. The number of halogens is 1. The molecular formula is C20H16ClN5O2S. The van der Waals surface area contributed by atoms with E-state index in [2.05, 4.69) is 20.4 Å². The molecule has 146 valence electrons. The van der Waals surface area contributed by atoms with Gasteiger partial charge in [0, 0.05) is 18.1 Å². The monoisotopic (exact) mass is 425 g/mol. The van der Waals surface area contributed by atoms with Gasteiger partial charge in [-0.15, -0.1) is 5.10 Å². The number of carbonyl (C=O) groups is 1. The van der Waals surface area contributed by atoms with Crippen LogP contribution in [-0.4, -0.2) is 32.6 Å². The molecule has 7 nitrogen and oxygen atoms in total. The summed E-state index contributed by atoms with van der Waals surface area (Å²) in [7, 11) is 1.54. The fourth-order valence-electron chi connectivity index (χ4n) is 2.72. The third kappa shape index (κ3) is 4.33. The smallest absolute Gasteiger partial charge is 0.253 e. The topological polar surface area (TPSA) is 81.4 Å². The van der Waals surface area contributed by atoms with Gasteiger partial charge in [-0.1, -0.05) is 53.7 Å². The molecule has 0 bridgehead atoms. The number of nitrogens with zero attached hydrogens (tertiary/aromatic N) is 4. The fraction of sp³-hybridized carbons (Fsp3) is 0.100. The van der Waals surface area contributed by atoms with Crippen molar-refractivity contribution in [2.24, 2.45) is 0 Å². The van der Waals surface area contributed by atoms with Crippen LogP contribution < -0.4 is 10.1 Å². The Hall–Kier alpha value is -3.10. The van der Waals surface area contributed by atoms with Gasteiger partial charge in [0.2, 0.25) is 11.1 Å². The van der Waals surface area contributed by atoms with E-state index in [1.165, 1.54) is 18.9 Å². The van der Waals surface area contributed by atoms with Crippen molar-refractivity contribution in [3.05, 3.63) is 77.6 Å². The highest BCUT2D eigenvalue weighted by molar-refractivity contribution is 8.00. The van der Waals surface area contributed by atoms with E-state index < -0.39 is 5.25 Å². The first-order valence-electron chi connectivity index (χ1n) is 8.67. The standard InChI is InChI=1S/C20H16ClN5O2S/c1-28-16-9-8-14(12-15(16)21)23-18(27)17(13-6-3-2-4-7-13)29-20-24-19-22-10-5-11-26(19)25-20/h2-12,17H,1H3,(H,23,27)/t17-/m0/s1. The fourth-order valence-corrected chi connectivity index (χ4v) is 3.92. The average Bonchev–Trinajstić information content (AvgIpc) is 3.15. The van der Waals surface area contributed by atoms with Crippen molar-refractivity contribution < 1.29 is 9.53 Å². The van der Waals surface area contributed by atoms with E-state index in [0.29, 0.717) is 27.4 Å². The van der Waals surface area contributed by atoms with Gasteiger partial charge in [0.05, 0.1) is 12.1 Å². The number of aromatic nitrogens is 4. The molecule has 0 radical (unpaired) electrons. The summed E-state index contributed by atoms with van der Waals surface area (Å²) in [6, 6.07) is 16.3. The quantitative estimate of drug-likeness (QED) is 0.465. The van der Waals surface area contributed by atoms with Crippen LogP contribution in [0, 0.1) is 0 Å². The highest BCUT2D eigenvalue weighted by Gasteiger charge is 2.24. The second-order valence-corrected chi connectivity index (χ2v) is 7.49. The first-order chi connectivity index (χ1) is 14.1. The number of fused-ring (bicyclic) bond motifs is 1. The molecule has 4 aromatic rings.